The van der Waals surface area contributed by atoms with Crippen LogP contribution in [0, 0.1) is 0 Å². The molecule has 2 aromatic heterocycles. The normalized spacial score (nSPS) is 10.7. The largest absolute Gasteiger partial charge is 0.338 e. The number of benzene rings is 1. The Balaban J connectivity index is 1.61. The number of aromatic nitrogens is 4. The number of nitrogens with one attached hydrogen (secondary N) is 4. The van der Waals surface area contributed by atoms with E-state index in [1.54, 1.807) is 42.3 Å². The summed E-state index contributed by atoms with van der Waals surface area (Å²) in [5.41, 5.74) is 0.835. The first kappa shape index (κ1) is 14.6. The van der Waals surface area contributed by atoms with Crippen LogP contribution in [0.2, 0.25) is 0 Å². The predicted molar refractivity (Wildman–Crippen MR) is 84.0 cm³/mol. The minimum atomic E-state index is -0.462. The highest BCUT2D eigenvalue weighted by Crippen LogP contribution is 2.14. The standard InChI is InChI=1S/C14H14N6O3/c1-20-6-11(15-7-20)17-13(22)5-12(21)16-8-2-3-9-10(4-8)18-19-14(9)23/h2-4,6-7H,5H2,1H3,(H,16,21)(H,17,22)(H2,18,19,23). The zero-order valence-corrected chi connectivity index (χ0v) is 12.2. The van der Waals surface area contributed by atoms with Crippen molar-refractivity contribution in [1.82, 2.24) is 19.7 Å². The van der Waals surface area contributed by atoms with E-state index in [1.165, 1.54) is 0 Å². The monoisotopic (exact) mass is 314 g/mol. The van der Waals surface area contributed by atoms with E-state index >= 15 is 0 Å². The van der Waals surface area contributed by atoms with Gasteiger partial charge >= 0.3 is 0 Å². The Hall–Kier alpha value is -3.36. The Morgan fingerprint density at radius 2 is 2.00 bits per heavy atom. The Labute approximate surface area is 129 Å². The molecule has 4 N–H and O–H groups in total. The number of carbonyl (C=O) groups excluding carboxylic acids is 2. The molecule has 2 amide bonds. The van der Waals surface area contributed by atoms with Crippen LogP contribution in [0.4, 0.5) is 11.5 Å². The summed E-state index contributed by atoms with van der Waals surface area (Å²) >= 11 is 0. The number of nitrogens with zero attached hydrogens (tertiary/aromatic N) is 2. The molecule has 0 aliphatic rings. The van der Waals surface area contributed by atoms with Crippen LogP contribution in [0.25, 0.3) is 10.9 Å². The van der Waals surface area contributed by atoms with Gasteiger partial charge in [-0.3, -0.25) is 24.6 Å². The van der Waals surface area contributed by atoms with Gasteiger partial charge in [-0.25, -0.2) is 4.98 Å². The fraction of sp³-hybridized carbons (Fsp3) is 0.143. The first-order valence-corrected chi connectivity index (χ1v) is 6.79. The van der Waals surface area contributed by atoms with Crippen molar-refractivity contribution < 1.29 is 9.59 Å². The van der Waals surface area contributed by atoms with Crippen LogP contribution >= 0.6 is 0 Å². The van der Waals surface area contributed by atoms with E-state index in [0.717, 1.165) is 0 Å². The maximum absolute atomic E-state index is 11.9. The lowest BCUT2D eigenvalue weighted by Crippen LogP contribution is -2.21. The van der Waals surface area contributed by atoms with Crippen molar-refractivity contribution in [2.75, 3.05) is 10.6 Å². The lowest BCUT2D eigenvalue weighted by molar-refractivity contribution is -0.123. The number of carbonyl (C=O) groups is 2. The molecule has 0 unspecified atom stereocenters. The lowest BCUT2D eigenvalue weighted by Gasteiger charge is -2.05. The molecule has 0 radical (unpaired) electrons. The number of hydrogen-bond donors (Lipinski definition) is 4. The number of rotatable bonds is 4. The quantitative estimate of drug-likeness (QED) is 0.525. The molecule has 23 heavy (non-hydrogen) atoms. The molecule has 0 aliphatic carbocycles. The van der Waals surface area contributed by atoms with Gasteiger partial charge in [0, 0.05) is 18.9 Å². The molecule has 2 heterocycles. The molecule has 0 spiro atoms. The molecule has 118 valence electrons. The zero-order valence-electron chi connectivity index (χ0n) is 12.2. The van der Waals surface area contributed by atoms with Gasteiger partial charge in [0.05, 0.1) is 17.2 Å². The number of imidazole rings is 1. The molecule has 0 atom stereocenters. The van der Waals surface area contributed by atoms with Crippen LogP contribution in [0.5, 0.6) is 0 Å². The first-order chi connectivity index (χ1) is 11.0. The SMILES string of the molecule is Cn1cnc(NC(=O)CC(=O)Nc2ccc3c(=O)[nH][nH]c3c2)c1. The molecule has 0 saturated carbocycles. The van der Waals surface area contributed by atoms with Crippen molar-refractivity contribution in [2.45, 2.75) is 6.42 Å². The molecule has 0 saturated heterocycles. The first-order valence-electron chi connectivity index (χ1n) is 6.79. The summed E-state index contributed by atoms with van der Waals surface area (Å²) in [6.45, 7) is 0. The number of hydrogen-bond acceptors (Lipinski definition) is 4. The fourth-order valence-corrected chi connectivity index (χ4v) is 2.13. The molecule has 1 aromatic carbocycles. The van der Waals surface area contributed by atoms with Crippen molar-refractivity contribution in [3.8, 4) is 0 Å². The fourth-order valence-electron chi connectivity index (χ4n) is 2.13. The number of amides is 2. The van der Waals surface area contributed by atoms with Crippen molar-refractivity contribution in [2.24, 2.45) is 7.05 Å². The van der Waals surface area contributed by atoms with E-state index in [9.17, 15) is 14.4 Å². The summed E-state index contributed by atoms with van der Waals surface area (Å²) in [5.74, 6) is -0.537. The highest BCUT2D eigenvalue weighted by atomic mass is 16.2. The Morgan fingerprint density at radius 1 is 1.22 bits per heavy atom. The second-order valence-corrected chi connectivity index (χ2v) is 5.04. The maximum atomic E-state index is 11.9. The van der Waals surface area contributed by atoms with Gasteiger partial charge in [-0.05, 0) is 18.2 Å². The highest BCUT2D eigenvalue weighted by molar-refractivity contribution is 6.08. The van der Waals surface area contributed by atoms with Crippen molar-refractivity contribution in [3.05, 3.63) is 41.1 Å². The van der Waals surface area contributed by atoms with Gasteiger partial charge in [0.15, 0.2) is 5.82 Å². The molecule has 3 rings (SSSR count). The number of anilines is 2. The van der Waals surface area contributed by atoms with E-state index in [2.05, 4.69) is 25.8 Å². The summed E-state index contributed by atoms with van der Waals surface area (Å²) in [6, 6.07) is 4.80. The highest BCUT2D eigenvalue weighted by Gasteiger charge is 2.11. The van der Waals surface area contributed by atoms with Crippen LogP contribution < -0.4 is 16.2 Å². The van der Waals surface area contributed by atoms with E-state index in [-0.39, 0.29) is 12.0 Å². The minimum Gasteiger partial charge on any atom is -0.338 e. The zero-order chi connectivity index (χ0) is 16.4. The van der Waals surface area contributed by atoms with Gasteiger partial charge in [-0.1, -0.05) is 0 Å². The Bertz CT molecular complexity index is 935. The lowest BCUT2D eigenvalue weighted by atomic mass is 10.2. The molecular weight excluding hydrogens is 300 g/mol. The minimum absolute atomic E-state index is 0.229. The van der Waals surface area contributed by atoms with Gasteiger partial charge in [-0.2, -0.15) is 0 Å². The third-order valence-electron chi connectivity index (χ3n) is 3.15. The third kappa shape index (κ3) is 3.28. The molecular formula is C14H14N6O3. The predicted octanol–water partition coefficient (Wildman–Crippen LogP) is 0.557. The molecule has 0 fully saturated rings. The molecule has 0 bridgehead atoms. The number of fused-ring (bicyclic) bond motifs is 1. The molecule has 3 aromatic rings. The van der Waals surface area contributed by atoms with Gasteiger partial charge < -0.3 is 15.2 Å². The smallest absolute Gasteiger partial charge is 0.271 e. The van der Waals surface area contributed by atoms with Crippen molar-refractivity contribution in [1.29, 1.82) is 0 Å². The topological polar surface area (TPSA) is 125 Å². The molecule has 0 aliphatic heterocycles. The van der Waals surface area contributed by atoms with Gasteiger partial charge in [-0.15, -0.1) is 0 Å². The number of H-pyrrole nitrogens is 2. The average molecular weight is 314 g/mol. The van der Waals surface area contributed by atoms with E-state index < -0.39 is 11.8 Å². The second-order valence-electron chi connectivity index (χ2n) is 5.04. The summed E-state index contributed by atoms with van der Waals surface area (Å²) in [7, 11) is 1.77. The van der Waals surface area contributed by atoms with Crippen molar-refractivity contribution >= 4 is 34.2 Å². The van der Waals surface area contributed by atoms with E-state index in [4.69, 9.17) is 0 Å². The van der Waals surface area contributed by atoms with Crippen LogP contribution in [-0.4, -0.2) is 31.6 Å². The van der Waals surface area contributed by atoms with Crippen LogP contribution in [-0.2, 0) is 16.6 Å². The Kier molecular flexibility index (Phi) is 3.67. The van der Waals surface area contributed by atoms with Crippen LogP contribution in [0.1, 0.15) is 6.42 Å². The third-order valence-corrected chi connectivity index (χ3v) is 3.15. The average Bonchev–Trinajstić information content (AvgIpc) is 3.05. The number of aryl methyl sites for hydroxylation is 1. The Morgan fingerprint density at radius 3 is 2.74 bits per heavy atom. The summed E-state index contributed by atoms with van der Waals surface area (Å²) < 4.78 is 1.68. The summed E-state index contributed by atoms with van der Waals surface area (Å²) in [6.07, 6.45) is 2.84. The van der Waals surface area contributed by atoms with Gasteiger partial charge in [0.1, 0.15) is 6.42 Å². The van der Waals surface area contributed by atoms with Crippen LogP contribution in [0.3, 0.4) is 0 Å². The molecule has 9 nitrogen and oxygen atoms in total. The molecule has 9 heteroatoms. The van der Waals surface area contributed by atoms with E-state index in [1.807, 2.05) is 0 Å². The van der Waals surface area contributed by atoms with Gasteiger partial charge in [0.2, 0.25) is 11.8 Å². The van der Waals surface area contributed by atoms with Crippen LogP contribution in [0.15, 0.2) is 35.5 Å². The maximum Gasteiger partial charge on any atom is 0.271 e. The number of aromatic amines is 2. The summed E-state index contributed by atoms with van der Waals surface area (Å²) in [5, 5.41) is 10.8. The van der Waals surface area contributed by atoms with Crippen molar-refractivity contribution in [3.63, 3.8) is 0 Å². The van der Waals surface area contributed by atoms with Gasteiger partial charge in [0.25, 0.3) is 5.56 Å². The van der Waals surface area contributed by atoms with E-state index in [0.29, 0.717) is 22.4 Å². The second kappa shape index (κ2) is 5.79. The summed E-state index contributed by atoms with van der Waals surface area (Å²) in [4.78, 5) is 39.0.